The SMILES string of the molecule is Cc1cc2c(nc1N1CCC(Oc3ccc4c(c3)COC4(C)C)CC1)CNC2=O. The van der Waals surface area contributed by atoms with Crippen molar-refractivity contribution in [2.24, 2.45) is 0 Å². The van der Waals surface area contributed by atoms with Crippen molar-refractivity contribution in [2.75, 3.05) is 18.0 Å². The molecule has 29 heavy (non-hydrogen) atoms. The van der Waals surface area contributed by atoms with Gasteiger partial charge in [-0.15, -0.1) is 0 Å². The van der Waals surface area contributed by atoms with Crippen molar-refractivity contribution in [3.05, 3.63) is 52.2 Å². The fourth-order valence-electron chi connectivity index (χ4n) is 4.62. The van der Waals surface area contributed by atoms with Crippen LogP contribution in [0.25, 0.3) is 0 Å². The Morgan fingerprint density at radius 3 is 2.83 bits per heavy atom. The number of amides is 1. The number of fused-ring (bicyclic) bond motifs is 2. The number of hydrogen-bond donors (Lipinski definition) is 1. The van der Waals surface area contributed by atoms with E-state index in [9.17, 15) is 4.79 Å². The molecule has 0 saturated carbocycles. The molecule has 1 saturated heterocycles. The third-order valence-corrected chi connectivity index (χ3v) is 6.28. The minimum absolute atomic E-state index is 0.0163. The number of rotatable bonds is 3. The highest BCUT2D eigenvalue weighted by molar-refractivity contribution is 5.98. The maximum absolute atomic E-state index is 11.8. The predicted molar refractivity (Wildman–Crippen MR) is 110 cm³/mol. The molecule has 4 heterocycles. The van der Waals surface area contributed by atoms with E-state index in [-0.39, 0.29) is 17.6 Å². The maximum atomic E-state index is 11.8. The summed E-state index contributed by atoms with van der Waals surface area (Å²) in [4.78, 5) is 18.9. The van der Waals surface area contributed by atoms with Gasteiger partial charge in [0.2, 0.25) is 0 Å². The summed E-state index contributed by atoms with van der Waals surface area (Å²) in [6.45, 7) is 9.23. The molecule has 0 spiro atoms. The van der Waals surface area contributed by atoms with Crippen molar-refractivity contribution >= 4 is 11.7 Å². The van der Waals surface area contributed by atoms with Crippen molar-refractivity contribution in [3.63, 3.8) is 0 Å². The molecule has 6 heteroatoms. The fourth-order valence-corrected chi connectivity index (χ4v) is 4.62. The zero-order valence-electron chi connectivity index (χ0n) is 17.2. The molecule has 0 radical (unpaired) electrons. The number of hydrogen-bond acceptors (Lipinski definition) is 5. The van der Waals surface area contributed by atoms with E-state index < -0.39 is 0 Å². The van der Waals surface area contributed by atoms with E-state index in [1.807, 2.05) is 13.0 Å². The van der Waals surface area contributed by atoms with Gasteiger partial charge < -0.3 is 19.7 Å². The van der Waals surface area contributed by atoms with Crippen LogP contribution < -0.4 is 15.0 Å². The highest BCUT2D eigenvalue weighted by Crippen LogP contribution is 2.38. The molecule has 0 unspecified atom stereocenters. The van der Waals surface area contributed by atoms with Crippen LogP contribution >= 0.6 is 0 Å². The van der Waals surface area contributed by atoms with Crippen molar-refractivity contribution < 1.29 is 14.3 Å². The lowest BCUT2D eigenvalue weighted by atomic mass is 9.96. The number of carbonyl (C=O) groups excluding carboxylic acids is 1. The quantitative estimate of drug-likeness (QED) is 0.865. The van der Waals surface area contributed by atoms with Gasteiger partial charge in [-0.25, -0.2) is 4.98 Å². The Hall–Kier alpha value is -2.60. The molecular formula is C23H27N3O3. The van der Waals surface area contributed by atoms with Gasteiger partial charge in [0.05, 0.1) is 30.0 Å². The largest absolute Gasteiger partial charge is 0.490 e. The summed E-state index contributed by atoms with van der Waals surface area (Å²) in [7, 11) is 0. The Bertz CT molecular complexity index is 978. The van der Waals surface area contributed by atoms with Crippen LogP contribution in [0, 0.1) is 6.92 Å². The number of nitrogens with one attached hydrogen (secondary N) is 1. The summed E-state index contributed by atoms with van der Waals surface area (Å²) in [5.74, 6) is 1.91. The third-order valence-electron chi connectivity index (χ3n) is 6.28. The predicted octanol–water partition coefficient (Wildman–Crippen LogP) is 3.45. The fraction of sp³-hybridized carbons (Fsp3) is 0.478. The first kappa shape index (κ1) is 18.4. The summed E-state index contributed by atoms with van der Waals surface area (Å²) < 4.78 is 12.2. The van der Waals surface area contributed by atoms with Gasteiger partial charge >= 0.3 is 0 Å². The van der Waals surface area contributed by atoms with Crippen LogP contribution in [0.4, 0.5) is 5.82 Å². The maximum Gasteiger partial charge on any atom is 0.253 e. The zero-order chi connectivity index (χ0) is 20.2. The van der Waals surface area contributed by atoms with Crippen LogP contribution in [-0.4, -0.2) is 30.1 Å². The number of nitrogens with zero attached hydrogens (tertiary/aromatic N) is 2. The molecule has 1 fully saturated rings. The highest BCUT2D eigenvalue weighted by Gasteiger charge is 2.31. The molecule has 0 aliphatic carbocycles. The molecule has 1 N–H and O–H groups in total. The first-order valence-corrected chi connectivity index (χ1v) is 10.4. The van der Waals surface area contributed by atoms with Gasteiger partial charge in [-0.1, -0.05) is 6.07 Å². The Balaban J connectivity index is 1.24. The number of benzene rings is 1. The Kier molecular flexibility index (Phi) is 4.28. The van der Waals surface area contributed by atoms with Crippen LogP contribution in [0.15, 0.2) is 24.3 Å². The Morgan fingerprint density at radius 1 is 1.24 bits per heavy atom. The second-order valence-corrected chi connectivity index (χ2v) is 8.73. The molecule has 152 valence electrons. The lowest BCUT2D eigenvalue weighted by Crippen LogP contribution is -2.39. The summed E-state index contributed by atoms with van der Waals surface area (Å²) in [6.07, 6.45) is 2.11. The molecule has 1 amide bonds. The summed E-state index contributed by atoms with van der Waals surface area (Å²) in [5, 5.41) is 2.85. The molecule has 6 nitrogen and oxygen atoms in total. The van der Waals surface area contributed by atoms with Crippen LogP contribution in [0.1, 0.15) is 59.4 Å². The van der Waals surface area contributed by atoms with Gasteiger partial charge in [0.15, 0.2) is 0 Å². The van der Waals surface area contributed by atoms with Crippen molar-refractivity contribution in [2.45, 2.75) is 58.5 Å². The van der Waals surface area contributed by atoms with E-state index in [1.165, 1.54) is 11.1 Å². The van der Waals surface area contributed by atoms with Gasteiger partial charge in [-0.05, 0) is 55.7 Å². The van der Waals surface area contributed by atoms with Crippen LogP contribution in [0.2, 0.25) is 0 Å². The molecule has 0 bridgehead atoms. The van der Waals surface area contributed by atoms with Gasteiger partial charge in [0.1, 0.15) is 17.7 Å². The van der Waals surface area contributed by atoms with Crippen LogP contribution in [0.5, 0.6) is 5.75 Å². The molecule has 1 aromatic heterocycles. The average molecular weight is 393 g/mol. The normalized spacial score (nSPS) is 20.4. The number of piperidine rings is 1. The van der Waals surface area contributed by atoms with E-state index in [0.717, 1.165) is 48.8 Å². The first-order chi connectivity index (χ1) is 13.9. The lowest BCUT2D eigenvalue weighted by molar-refractivity contribution is -0.00790. The van der Waals surface area contributed by atoms with Crippen molar-refractivity contribution in [1.29, 1.82) is 0 Å². The molecule has 2 aromatic rings. The second-order valence-electron chi connectivity index (χ2n) is 8.73. The van der Waals surface area contributed by atoms with E-state index in [0.29, 0.717) is 18.7 Å². The zero-order valence-corrected chi connectivity index (χ0v) is 17.2. The number of aryl methyl sites for hydroxylation is 1. The summed E-state index contributed by atoms with van der Waals surface area (Å²) >= 11 is 0. The lowest BCUT2D eigenvalue weighted by Gasteiger charge is -2.34. The molecule has 3 aliphatic rings. The molecule has 0 atom stereocenters. The van der Waals surface area contributed by atoms with E-state index in [2.05, 4.69) is 42.3 Å². The van der Waals surface area contributed by atoms with E-state index in [4.69, 9.17) is 14.5 Å². The van der Waals surface area contributed by atoms with Crippen molar-refractivity contribution in [1.82, 2.24) is 10.3 Å². The number of pyridine rings is 1. The van der Waals surface area contributed by atoms with Crippen LogP contribution in [-0.2, 0) is 23.5 Å². The monoisotopic (exact) mass is 393 g/mol. The average Bonchev–Trinajstić information content (AvgIpc) is 3.21. The highest BCUT2D eigenvalue weighted by atomic mass is 16.5. The topological polar surface area (TPSA) is 63.7 Å². The molecule has 3 aliphatic heterocycles. The van der Waals surface area contributed by atoms with E-state index >= 15 is 0 Å². The molecular weight excluding hydrogens is 366 g/mol. The van der Waals surface area contributed by atoms with Gasteiger partial charge in [-0.2, -0.15) is 0 Å². The van der Waals surface area contributed by atoms with Crippen molar-refractivity contribution in [3.8, 4) is 5.75 Å². The Labute approximate surface area is 171 Å². The number of carbonyl (C=O) groups is 1. The van der Waals surface area contributed by atoms with Crippen LogP contribution in [0.3, 0.4) is 0 Å². The van der Waals surface area contributed by atoms with Gasteiger partial charge in [0, 0.05) is 25.9 Å². The summed E-state index contributed by atoms with van der Waals surface area (Å²) in [6, 6.07) is 8.31. The number of anilines is 1. The minimum atomic E-state index is -0.208. The second kappa shape index (κ2) is 6.73. The number of ether oxygens (including phenoxy) is 2. The summed E-state index contributed by atoms with van der Waals surface area (Å²) in [5.41, 5.74) is 4.91. The third kappa shape index (κ3) is 3.25. The molecule has 1 aromatic carbocycles. The van der Waals surface area contributed by atoms with E-state index in [1.54, 1.807) is 0 Å². The minimum Gasteiger partial charge on any atom is -0.490 e. The molecule has 5 rings (SSSR count). The standard InChI is InChI=1S/C23H27N3O3/c1-14-10-18-20(12-24-22(18)27)25-21(14)26-8-6-16(7-9-26)29-17-4-5-19-15(11-17)13-28-23(19,2)3/h4-5,10-11,16H,6-9,12-13H2,1-3H3,(H,24,27). The first-order valence-electron chi connectivity index (χ1n) is 10.4. The van der Waals surface area contributed by atoms with Gasteiger partial charge in [0.25, 0.3) is 5.91 Å². The Morgan fingerprint density at radius 2 is 2.03 bits per heavy atom. The smallest absolute Gasteiger partial charge is 0.253 e. The number of aromatic nitrogens is 1. The van der Waals surface area contributed by atoms with Gasteiger partial charge in [-0.3, -0.25) is 4.79 Å².